The van der Waals surface area contributed by atoms with E-state index < -0.39 is 5.97 Å². The summed E-state index contributed by atoms with van der Waals surface area (Å²) >= 11 is 2.30. The third-order valence-corrected chi connectivity index (χ3v) is 4.92. The lowest BCUT2D eigenvalue weighted by molar-refractivity contribution is -0.144. The van der Waals surface area contributed by atoms with Crippen LogP contribution >= 0.6 is 22.6 Å². The van der Waals surface area contributed by atoms with Crippen LogP contribution in [0, 0.1) is 5.92 Å². The van der Waals surface area contributed by atoms with Crippen molar-refractivity contribution in [1.29, 1.82) is 0 Å². The maximum absolute atomic E-state index is 11.5. The third-order valence-electron chi connectivity index (χ3n) is 3.79. The molecule has 0 radical (unpaired) electrons. The lowest BCUT2D eigenvalue weighted by Gasteiger charge is -2.30. The standard InChI is InChI=1S/C14H18INO2/c1-10(11-5-3-2-4-6-11)16-8-7-12(9-15)13(16)14(17)18/h2-6,10,12-13H,7-9H2,1H3,(H,17,18)/t10-,12-,13-/m0/s1. The number of aliphatic carboxylic acids is 1. The summed E-state index contributed by atoms with van der Waals surface area (Å²) in [6, 6.07) is 9.98. The van der Waals surface area contributed by atoms with Crippen molar-refractivity contribution in [2.24, 2.45) is 5.92 Å². The molecule has 98 valence electrons. The fraction of sp³-hybridized carbons (Fsp3) is 0.500. The Hall–Kier alpha value is -0.620. The Bertz CT molecular complexity index is 410. The maximum atomic E-state index is 11.5. The van der Waals surface area contributed by atoms with Gasteiger partial charge in [-0.15, -0.1) is 0 Å². The highest BCUT2D eigenvalue weighted by atomic mass is 127. The minimum Gasteiger partial charge on any atom is -0.480 e. The highest BCUT2D eigenvalue weighted by Crippen LogP contribution is 2.33. The van der Waals surface area contributed by atoms with E-state index in [1.807, 2.05) is 18.2 Å². The summed E-state index contributed by atoms with van der Waals surface area (Å²) in [7, 11) is 0. The molecule has 0 unspecified atom stereocenters. The van der Waals surface area contributed by atoms with Gasteiger partial charge >= 0.3 is 5.97 Å². The van der Waals surface area contributed by atoms with Gasteiger partial charge in [-0.3, -0.25) is 9.69 Å². The van der Waals surface area contributed by atoms with Gasteiger partial charge in [-0.2, -0.15) is 0 Å². The van der Waals surface area contributed by atoms with Crippen LogP contribution in [0.1, 0.15) is 24.9 Å². The number of rotatable bonds is 4. The first kappa shape index (κ1) is 13.8. The molecule has 4 heteroatoms. The predicted molar refractivity (Wildman–Crippen MR) is 80.0 cm³/mol. The second-order valence-corrected chi connectivity index (χ2v) is 5.69. The molecule has 3 atom stereocenters. The van der Waals surface area contributed by atoms with E-state index in [0.717, 1.165) is 17.4 Å². The van der Waals surface area contributed by atoms with E-state index in [1.54, 1.807) is 0 Å². The summed E-state index contributed by atoms with van der Waals surface area (Å²) in [5.41, 5.74) is 1.19. The summed E-state index contributed by atoms with van der Waals surface area (Å²) in [6.07, 6.45) is 0.983. The number of hydrogen-bond donors (Lipinski definition) is 1. The molecular weight excluding hydrogens is 341 g/mol. The van der Waals surface area contributed by atoms with Crippen molar-refractivity contribution in [3.05, 3.63) is 35.9 Å². The van der Waals surface area contributed by atoms with Crippen molar-refractivity contribution >= 4 is 28.6 Å². The number of carboxylic acids is 1. The number of alkyl halides is 1. The molecule has 0 aliphatic carbocycles. The Morgan fingerprint density at radius 1 is 1.50 bits per heavy atom. The fourth-order valence-electron chi connectivity index (χ4n) is 2.75. The van der Waals surface area contributed by atoms with Gasteiger partial charge in [0.25, 0.3) is 0 Å². The minimum atomic E-state index is -0.683. The van der Waals surface area contributed by atoms with Gasteiger partial charge in [-0.05, 0) is 31.4 Å². The zero-order valence-corrected chi connectivity index (χ0v) is 12.6. The van der Waals surface area contributed by atoms with Crippen molar-refractivity contribution in [3.63, 3.8) is 0 Å². The Kier molecular flexibility index (Phi) is 4.61. The number of carbonyl (C=O) groups is 1. The molecule has 0 amide bonds. The second-order valence-electron chi connectivity index (χ2n) is 4.81. The summed E-state index contributed by atoms with van der Waals surface area (Å²) in [6.45, 7) is 2.97. The molecule has 1 aromatic carbocycles. The molecule has 0 bridgehead atoms. The van der Waals surface area contributed by atoms with Gasteiger partial charge in [0.05, 0.1) is 0 Å². The molecule has 0 spiro atoms. The topological polar surface area (TPSA) is 40.5 Å². The number of carboxylic acid groups (broad SMARTS) is 1. The van der Waals surface area contributed by atoms with Gasteiger partial charge in [0.1, 0.15) is 6.04 Å². The van der Waals surface area contributed by atoms with Crippen molar-refractivity contribution in [3.8, 4) is 0 Å². The lowest BCUT2D eigenvalue weighted by Crippen LogP contribution is -2.41. The number of halogens is 1. The highest BCUT2D eigenvalue weighted by Gasteiger charge is 2.40. The van der Waals surface area contributed by atoms with Crippen LogP contribution in [0.5, 0.6) is 0 Å². The van der Waals surface area contributed by atoms with E-state index in [0.29, 0.717) is 0 Å². The van der Waals surface area contributed by atoms with Crippen LogP contribution in [0.3, 0.4) is 0 Å². The molecule has 1 fully saturated rings. The quantitative estimate of drug-likeness (QED) is 0.664. The Labute approximate surface area is 121 Å². The molecule has 1 aliphatic heterocycles. The predicted octanol–water partition coefficient (Wildman–Crippen LogP) is 2.96. The average molecular weight is 359 g/mol. The molecular formula is C14H18INO2. The number of hydrogen-bond acceptors (Lipinski definition) is 2. The molecule has 0 saturated carbocycles. The largest absolute Gasteiger partial charge is 0.480 e. The molecule has 18 heavy (non-hydrogen) atoms. The van der Waals surface area contributed by atoms with Gasteiger partial charge < -0.3 is 5.11 Å². The molecule has 2 rings (SSSR count). The number of benzene rings is 1. The van der Waals surface area contributed by atoms with E-state index in [1.165, 1.54) is 5.56 Å². The molecule has 3 nitrogen and oxygen atoms in total. The first-order valence-corrected chi connectivity index (χ1v) is 7.77. The number of likely N-dealkylation sites (tertiary alicyclic amines) is 1. The smallest absolute Gasteiger partial charge is 0.321 e. The van der Waals surface area contributed by atoms with E-state index in [2.05, 4.69) is 46.5 Å². The molecule has 1 heterocycles. The lowest BCUT2D eigenvalue weighted by atomic mass is 10.0. The van der Waals surface area contributed by atoms with Crippen LogP contribution in [-0.4, -0.2) is 33.0 Å². The Balaban J connectivity index is 2.20. The SMILES string of the molecule is C[C@@H](c1ccccc1)N1CC[C@@H](CI)[C@H]1C(=O)O. The molecule has 1 aliphatic rings. The normalized spacial score (nSPS) is 26.1. The molecule has 0 aromatic heterocycles. The minimum absolute atomic E-state index is 0.167. The Morgan fingerprint density at radius 2 is 2.17 bits per heavy atom. The summed E-state index contributed by atoms with van der Waals surface area (Å²) in [4.78, 5) is 13.6. The van der Waals surface area contributed by atoms with Crippen molar-refractivity contribution in [2.75, 3.05) is 11.0 Å². The van der Waals surface area contributed by atoms with Crippen LogP contribution in [0.15, 0.2) is 30.3 Å². The van der Waals surface area contributed by atoms with Crippen molar-refractivity contribution in [2.45, 2.75) is 25.4 Å². The van der Waals surface area contributed by atoms with Crippen LogP contribution in [0.25, 0.3) is 0 Å². The summed E-state index contributed by atoms with van der Waals surface area (Å²) < 4.78 is 0.909. The van der Waals surface area contributed by atoms with Crippen molar-refractivity contribution in [1.82, 2.24) is 4.90 Å². The van der Waals surface area contributed by atoms with Gasteiger partial charge in [-0.25, -0.2) is 0 Å². The van der Waals surface area contributed by atoms with E-state index >= 15 is 0 Å². The maximum Gasteiger partial charge on any atom is 0.321 e. The van der Waals surface area contributed by atoms with E-state index in [4.69, 9.17) is 0 Å². The summed E-state index contributed by atoms with van der Waals surface area (Å²) in [5.74, 6) is -0.411. The Morgan fingerprint density at radius 3 is 2.72 bits per heavy atom. The van der Waals surface area contributed by atoms with Crippen LogP contribution in [-0.2, 0) is 4.79 Å². The average Bonchev–Trinajstić information content (AvgIpc) is 2.82. The third kappa shape index (κ3) is 2.69. The zero-order chi connectivity index (χ0) is 13.1. The zero-order valence-electron chi connectivity index (χ0n) is 10.4. The molecule has 1 aromatic rings. The monoisotopic (exact) mass is 359 g/mol. The highest BCUT2D eigenvalue weighted by molar-refractivity contribution is 14.1. The van der Waals surface area contributed by atoms with E-state index in [9.17, 15) is 9.90 Å². The first-order valence-electron chi connectivity index (χ1n) is 6.24. The fourth-order valence-corrected chi connectivity index (χ4v) is 3.67. The van der Waals surface area contributed by atoms with Gasteiger partial charge in [0, 0.05) is 10.5 Å². The van der Waals surface area contributed by atoms with Gasteiger partial charge in [-0.1, -0.05) is 52.9 Å². The first-order chi connectivity index (χ1) is 8.65. The van der Waals surface area contributed by atoms with Gasteiger partial charge in [0.15, 0.2) is 0 Å². The van der Waals surface area contributed by atoms with Crippen LogP contribution in [0.2, 0.25) is 0 Å². The summed E-state index contributed by atoms with van der Waals surface area (Å²) in [5, 5.41) is 9.44. The van der Waals surface area contributed by atoms with Gasteiger partial charge in [0.2, 0.25) is 0 Å². The molecule has 1 saturated heterocycles. The molecule has 1 N–H and O–H groups in total. The van der Waals surface area contributed by atoms with Crippen LogP contribution < -0.4 is 0 Å². The van der Waals surface area contributed by atoms with Crippen molar-refractivity contribution < 1.29 is 9.90 Å². The number of nitrogens with zero attached hydrogens (tertiary/aromatic N) is 1. The van der Waals surface area contributed by atoms with E-state index in [-0.39, 0.29) is 18.0 Å². The van der Waals surface area contributed by atoms with Crippen LogP contribution in [0.4, 0.5) is 0 Å². The second kappa shape index (κ2) is 6.02.